The van der Waals surface area contributed by atoms with Crippen LogP contribution in [0.25, 0.3) is 0 Å². The minimum Gasteiger partial charge on any atom is -0.480 e. The second kappa shape index (κ2) is 5.98. The maximum Gasteiger partial charge on any atom is 0.326 e. The van der Waals surface area contributed by atoms with Gasteiger partial charge in [-0.25, -0.2) is 13.6 Å². The number of nitrogens with one attached hydrogen (secondary N) is 1. The summed E-state index contributed by atoms with van der Waals surface area (Å²) in [5.74, 6) is -3.30. The summed E-state index contributed by atoms with van der Waals surface area (Å²) in [4.78, 5) is 22.6. The lowest BCUT2D eigenvalue weighted by atomic mass is 10.1. The van der Waals surface area contributed by atoms with Crippen LogP contribution in [0.4, 0.5) is 8.78 Å². The second-order valence-corrected chi connectivity index (χ2v) is 4.97. The van der Waals surface area contributed by atoms with Gasteiger partial charge in [-0.2, -0.15) is 0 Å². The zero-order valence-electron chi connectivity index (χ0n) is 10.7. The highest BCUT2D eigenvalue weighted by Crippen LogP contribution is 2.32. The van der Waals surface area contributed by atoms with Crippen molar-refractivity contribution in [3.8, 4) is 0 Å². The van der Waals surface area contributed by atoms with E-state index < -0.39 is 29.6 Å². The van der Waals surface area contributed by atoms with E-state index in [4.69, 9.17) is 5.11 Å². The standard InChI is InChI=1S/C14H15F2NO3/c15-10-5-1-8(7-11(10)16)2-6-12(18)17-13(14(19)20)9-3-4-9/h1,5,7,9,13H,2-4,6H2,(H,17,18)(H,19,20). The summed E-state index contributed by atoms with van der Waals surface area (Å²) >= 11 is 0. The highest BCUT2D eigenvalue weighted by Gasteiger charge is 2.37. The van der Waals surface area contributed by atoms with Crippen LogP contribution >= 0.6 is 0 Å². The number of hydrogen-bond acceptors (Lipinski definition) is 2. The predicted octanol–water partition coefficient (Wildman–Crippen LogP) is 1.88. The van der Waals surface area contributed by atoms with E-state index in [1.807, 2.05) is 0 Å². The van der Waals surface area contributed by atoms with Crippen molar-refractivity contribution in [1.82, 2.24) is 5.32 Å². The molecule has 1 fully saturated rings. The average molecular weight is 283 g/mol. The fourth-order valence-electron chi connectivity index (χ4n) is 2.01. The maximum absolute atomic E-state index is 13.0. The third-order valence-corrected chi connectivity index (χ3v) is 3.30. The largest absolute Gasteiger partial charge is 0.480 e. The van der Waals surface area contributed by atoms with Crippen molar-refractivity contribution in [2.45, 2.75) is 31.7 Å². The van der Waals surface area contributed by atoms with Gasteiger partial charge in [0.1, 0.15) is 6.04 Å². The van der Waals surface area contributed by atoms with Crippen molar-refractivity contribution in [1.29, 1.82) is 0 Å². The van der Waals surface area contributed by atoms with E-state index in [0.29, 0.717) is 5.56 Å². The van der Waals surface area contributed by atoms with Crippen molar-refractivity contribution in [2.24, 2.45) is 5.92 Å². The molecule has 2 rings (SSSR count). The lowest BCUT2D eigenvalue weighted by molar-refractivity contribution is -0.142. The van der Waals surface area contributed by atoms with Gasteiger partial charge in [-0.3, -0.25) is 4.79 Å². The molecule has 0 aliphatic heterocycles. The SMILES string of the molecule is O=C(CCc1ccc(F)c(F)c1)NC(C(=O)O)C1CC1. The number of rotatable bonds is 6. The van der Waals surface area contributed by atoms with Gasteiger partial charge in [0, 0.05) is 6.42 Å². The Kier molecular flexibility index (Phi) is 4.32. The molecule has 1 aliphatic rings. The fraction of sp³-hybridized carbons (Fsp3) is 0.429. The summed E-state index contributed by atoms with van der Waals surface area (Å²) in [5.41, 5.74) is 0.498. The van der Waals surface area contributed by atoms with Crippen molar-refractivity contribution in [2.75, 3.05) is 0 Å². The van der Waals surface area contributed by atoms with Crippen molar-refractivity contribution >= 4 is 11.9 Å². The number of aryl methyl sites for hydroxylation is 1. The van der Waals surface area contributed by atoms with Gasteiger partial charge in [0.2, 0.25) is 5.91 Å². The van der Waals surface area contributed by atoms with Crippen LogP contribution in [-0.2, 0) is 16.0 Å². The van der Waals surface area contributed by atoms with E-state index in [0.717, 1.165) is 25.0 Å². The van der Waals surface area contributed by atoms with Crippen LogP contribution in [0.5, 0.6) is 0 Å². The summed E-state index contributed by atoms with van der Waals surface area (Å²) in [6, 6.07) is 2.61. The quantitative estimate of drug-likeness (QED) is 0.837. The molecule has 1 aliphatic carbocycles. The number of aliphatic carboxylic acids is 1. The molecule has 4 nitrogen and oxygen atoms in total. The highest BCUT2D eigenvalue weighted by molar-refractivity contribution is 5.84. The molecule has 20 heavy (non-hydrogen) atoms. The van der Waals surface area contributed by atoms with E-state index >= 15 is 0 Å². The van der Waals surface area contributed by atoms with Crippen LogP contribution in [0.3, 0.4) is 0 Å². The summed E-state index contributed by atoms with van der Waals surface area (Å²) < 4.78 is 25.7. The molecule has 0 spiro atoms. The second-order valence-electron chi connectivity index (χ2n) is 4.97. The van der Waals surface area contributed by atoms with Crippen LogP contribution < -0.4 is 5.32 Å². The van der Waals surface area contributed by atoms with Gasteiger partial charge in [-0.15, -0.1) is 0 Å². The van der Waals surface area contributed by atoms with Gasteiger partial charge in [0.15, 0.2) is 11.6 Å². The van der Waals surface area contributed by atoms with Crippen LogP contribution in [-0.4, -0.2) is 23.0 Å². The molecule has 6 heteroatoms. The number of carboxylic acids is 1. The predicted molar refractivity (Wildman–Crippen MR) is 67.0 cm³/mol. The van der Waals surface area contributed by atoms with Gasteiger partial charge >= 0.3 is 5.97 Å². The molecule has 0 saturated heterocycles. The van der Waals surface area contributed by atoms with Crippen LogP contribution in [0.2, 0.25) is 0 Å². The summed E-state index contributed by atoms with van der Waals surface area (Å²) in [7, 11) is 0. The zero-order chi connectivity index (χ0) is 14.7. The molecule has 1 aromatic carbocycles. The fourth-order valence-corrected chi connectivity index (χ4v) is 2.01. The van der Waals surface area contributed by atoms with E-state index in [1.165, 1.54) is 6.07 Å². The molecule has 0 bridgehead atoms. The molecule has 1 aromatic rings. The van der Waals surface area contributed by atoms with Gasteiger partial charge in [0.05, 0.1) is 0 Å². The molecule has 2 N–H and O–H groups in total. The van der Waals surface area contributed by atoms with Gasteiger partial charge in [-0.1, -0.05) is 6.07 Å². The Morgan fingerprint density at radius 3 is 2.55 bits per heavy atom. The first kappa shape index (κ1) is 14.4. The van der Waals surface area contributed by atoms with Gasteiger partial charge < -0.3 is 10.4 Å². The lowest BCUT2D eigenvalue weighted by Crippen LogP contribution is -2.42. The van der Waals surface area contributed by atoms with E-state index in [-0.39, 0.29) is 18.8 Å². The first-order valence-electron chi connectivity index (χ1n) is 6.43. The summed E-state index contributed by atoms with van der Waals surface area (Å²) in [6.07, 6.45) is 1.89. The third-order valence-electron chi connectivity index (χ3n) is 3.30. The van der Waals surface area contributed by atoms with E-state index in [9.17, 15) is 18.4 Å². The maximum atomic E-state index is 13.0. The molecular weight excluding hydrogens is 268 g/mol. The lowest BCUT2D eigenvalue weighted by Gasteiger charge is -2.13. The minimum atomic E-state index is -1.03. The molecule has 0 radical (unpaired) electrons. The molecule has 1 amide bonds. The smallest absolute Gasteiger partial charge is 0.326 e. The van der Waals surface area contributed by atoms with Crippen LogP contribution in [0.15, 0.2) is 18.2 Å². The summed E-state index contributed by atoms with van der Waals surface area (Å²) in [5, 5.41) is 11.4. The first-order chi connectivity index (χ1) is 9.47. The molecule has 108 valence electrons. The molecule has 1 atom stereocenters. The van der Waals surface area contributed by atoms with Crippen molar-refractivity contribution in [3.63, 3.8) is 0 Å². The number of carbonyl (C=O) groups excluding carboxylic acids is 1. The zero-order valence-corrected chi connectivity index (χ0v) is 10.7. The van der Waals surface area contributed by atoms with Crippen molar-refractivity contribution in [3.05, 3.63) is 35.4 Å². The van der Waals surface area contributed by atoms with E-state index in [2.05, 4.69) is 5.32 Å². The molecule has 1 unspecified atom stereocenters. The van der Waals surface area contributed by atoms with Crippen molar-refractivity contribution < 1.29 is 23.5 Å². The monoisotopic (exact) mass is 283 g/mol. The van der Waals surface area contributed by atoms with Gasteiger partial charge in [0.25, 0.3) is 0 Å². The van der Waals surface area contributed by atoms with E-state index in [1.54, 1.807) is 0 Å². The number of halogens is 2. The highest BCUT2D eigenvalue weighted by atomic mass is 19.2. The number of carbonyl (C=O) groups is 2. The number of carboxylic acid groups (broad SMARTS) is 1. The number of amides is 1. The minimum absolute atomic E-state index is 0.0136. The molecule has 1 saturated carbocycles. The van der Waals surface area contributed by atoms with Crippen LogP contribution in [0, 0.1) is 17.6 Å². The molecular formula is C14H15F2NO3. The topological polar surface area (TPSA) is 66.4 Å². The Morgan fingerprint density at radius 1 is 1.30 bits per heavy atom. The molecule has 0 aromatic heterocycles. The normalized spacial score (nSPS) is 15.7. The number of benzene rings is 1. The van der Waals surface area contributed by atoms with Crippen LogP contribution in [0.1, 0.15) is 24.8 Å². The Balaban J connectivity index is 1.85. The Morgan fingerprint density at radius 2 is 2.00 bits per heavy atom. The Labute approximate surface area is 114 Å². The Hall–Kier alpha value is -1.98. The average Bonchev–Trinajstić information content (AvgIpc) is 3.21. The number of hydrogen-bond donors (Lipinski definition) is 2. The third kappa shape index (κ3) is 3.76. The molecule has 0 heterocycles. The first-order valence-corrected chi connectivity index (χ1v) is 6.43. The van der Waals surface area contributed by atoms with Gasteiger partial charge in [-0.05, 0) is 42.9 Å². The Bertz CT molecular complexity index is 529. The summed E-state index contributed by atoms with van der Waals surface area (Å²) in [6.45, 7) is 0.